The van der Waals surface area contributed by atoms with Gasteiger partial charge in [-0.05, 0) is 54.8 Å². The number of fused-ring (bicyclic) bond motifs is 1. The Morgan fingerprint density at radius 3 is 2.76 bits per heavy atom. The summed E-state index contributed by atoms with van der Waals surface area (Å²) in [5, 5.41) is 7.63. The standard InChI is InChI=1S/C22H21FN4O2/c1-2-18(28)25-17-11-15(7-10-24-17)19-20(14-3-5-16(23)6-4-14)26-27-12-22(8-9-22)13-29-21(19)27/h3-7,10-11H,2,8-9,12-13H2,1H3,(H,24,25,28). The molecule has 2 aromatic heterocycles. The molecular weight excluding hydrogens is 371 g/mol. The summed E-state index contributed by atoms with van der Waals surface area (Å²) in [7, 11) is 0. The van der Waals surface area contributed by atoms with Crippen molar-refractivity contribution in [3.63, 3.8) is 0 Å². The van der Waals surface area contributed by atoms with Gasteiger partial charge in [-0.15, -0.1) is 0 Å². The molecule has 1 N–H and O–H groups in total. The van der Waals surface area contributed by atoms with Crippen LogP contribution in [0.5, 0.6) is 5.88 Å². The van der Waals surface area contributed by atoms with Gasteiger partial charge in [-0.3, -0.25) is 4.79 Å². The molecule has 0 bridgehead atoms. The van der Waals surface area contributed by atoms with E-state index in [1.54, 1.807) is 25.3 Å². The number of benzene rings is 1. The largest absolute Gasteiger partial charge is 0.477 e. The number of aromatic nitrogens is 3. The van der Waals surface area contributed by atoms with Crippen LogP contribution in [0.4, 0.5) is 10.2 Å². The molecule has 6 nitrogen and oxygen atoms in total. The van der Waals surface area contributed by atoms with E-state index in [1.807, 2.05) is 16.8 Å². The number of hydrogen-bond acceptors (Lipinski definition) is 4. The molecule has 0 radical (unpaired) electrons. The van der Waals surface area contributed by atoms with Crippen LogP contribution in [0.15, 0.2) is 42.6 Å². The molecule has 2 aliphatic rings. The van der Waals surface area contributed by atoms with Crippen LogP contribution in [0.25, 0.3) is 22.4 Å². The highest BCUT2D eigenvalue weighted by atomic mass is 19.1. The van der Waals surface area contributed by atoms with Gasteiger partial charge >= 0.3 is 0 Å². The first-order chi connectivity index (χ1) is 14.1. The van der Waals surface area contributed by atoms with Crippen molar-refractivity contribution in [3.05, 3.63) is 48.4 Å². The zero-order valence-electron chi connectivity index (χ0n) is 16.1. The molecular formula is C22H21FN4O2. The van der Waals surface area contributed by atoms with Gasteiger partial charge in [0.1, 0.15) is 17.3 Å². The lowest BCUT2D eigenvalue weighted by Gasteiger charge is -2.24. The number of ether oxygens (including phenoxy) is 1. The fourth-order valence-electron chi connectivity index (χ4n) is 3.72. The van der Waals surface area contributed by atoms with Crippen LogP contribution in [-0.2, 0) is 11.3 Å². The van der Waals surface area contributed by atoms with Gasteiger partial charge in [0.25, 0.3) is 0 Å². The highest BCUT2D eigenvalue weighted by molar-refractivity contribution is 5.91. The Labute approximate surface area is 167 Å². The number of hydrogen-bond donors (Lipinski definition) is 1. The van der Waals surface area contributed by atoms with Gasteiger partial charge in [0.05, 0.1) is 18.7 Å². The molecule has 1 saturated carbocycles. The number of rotatable bonds is 4. The molecule has 1 aliphatic heterocycles. The van der Waals surface area contributed by atoms with E-state index >= 15 is 0 Å². The molecule has 1 spiro atoms. The van der Waals surface area contributed by atoms with Crippen LogP contribution in [0.1, 0.15) is 26.2 Å². The van der Waals surface area contributed by atoms with E-state index in [1.165, 1.54) is 12.1 Å². The maximum atomic E-state index is 13.5. The first-order valence-corrected chi connectivity index (χ1v) is 9.83. The number of nitrogens with zero attached hydrogens (tertiary/aromatic N) is 3. The number of anilines is 1. The molecule has 5 rings (SSSR count). The molecule has 3 heterocycles. The first kappa shape index (κ1) is 17.8. The molecule has 1 aliphatic carbocycles. The van der Waals surface area contributed by atoms with Gasteiger partial charge in [0, 0.05) is 23.6 Å². The van der Waals surface area contributed by atoms with E-state index in [4.69, 9.17) is 9.84 Å². The maximum absolute atomic E-state index is 13.5. The summed E-state index contributed by atoms with van der Waals surface area (Å²) in [4.78, 5) is 16.0. The van der Waals surface area contributed by atoms with Crippen molar-refractivity contribution in [2.45, 2.75) is 32.7 Å². The fraction of sp³-hybridized carbons (Fsp3) is 0.318. The fourth-order valence-corrected chi connectivity index (χ4v) is 3.72. The minimum atomic E-state index is -0.291. The Morgan fingerprint density at radius 1 is 1.24 bits per heavy atom. The summed E-state index contributed by atoms with van der Waals surface area (Å²) in [6.45, 7) is 3.29. The van der Waals surface area contributed by atoms with Crippen molar-refractivity contribution in [1.29, 1.82) is 0 Å². The van der Waals surface area contributed by atoms with Gasteiger partial charge in [0.15, 0.2) is 0 Å². The number of carbonyl (C=O) groups excluding carboxylic acids is 1. The number of halogens is 1. The van der Waals surface area contributed by atoms with Crippen molar-refractivity contribution in [2.24, 2.45) is 5.41 Å². The Morgan fingerprint density at radius 2 is 2.03 bits per heavy atom. The van der Waals surface area contributed by atoms with Crippen LogP contribution in [0, 0.1) is 11.2 Å². The summed E-state index contributed by atoms with van der Waals surface area (Å²) in [5.41, 5.74) is 3.43. The minimum Gasteiger partial charge on any atom is -0.477 e. The number of amides is 1. The molecule has 0 saturated heterocycles. The summed E-state index contributed by atoms with van der Waals surface area (Å²) < 4.78 is 21.6. The van der Waals surface area contributed by atoms with Gasteiger partial charge in [0.2, 0.25) is 11.8 Å². The maximum Gasteiger partial charge on any atom is 0.225 e. The average Bonchev–Trinajstić information content (AvgIpc) is 3.37. The smallest absolute Gasteiger partial charge is 0.225 e. The summed E-state index contributed by atoms with van der Waals surface area (Å²) >= 11 is 0. The lowest BCUT2D eigenvalue weighted by molar-refractivity contribution is -0.115. The molecule has 1 fully saturated rings. The van der Waals surface area contributed by atoms with E-state index in [0.717, 1.165) is 41.8 Å². The quantitative estimate of drug-likeness (QED) is 0.720. The third-order valence-electron chi connectivity index (χ3n) is 5.62. The first-order valence-electron chi connectivity index (χ1n) is 9.83. The Kier molecular flexibility index (Phi) is 4.12. The predicted octanol–water partition coefficient (Wildman–Crippen LogP) is 4.27. The summed E-state index contributed by atoms with van der Waals surface area (Å²) in [5.74, 6) is 0.799. The lowest BCUT2D eigenvalue weighted by atomic mass is 10.0. The molecule has 0 unspecified atom stereocenters. The van der Waals surface area contributed by atoms with E-state index in [0.29, 0.717) is 24.7 Å². The summed E-state index contributed by atoms with van der Waals surface area (Å²) in [6, 6.07) is 10.0. The zero-order chi connectivity index (χ0) is 20.0. The van der Waals surface area contributed by atoms with Crippen LogP contribution >= 0.6 is 0 Å². The third-order valence-corrected chi connectivity index (χ3v) is 5.62. The predicted molar refractivity (Wildman–Crippen MR) is 107 cm³/mol. The Balaban J connectivity index is 1.63. The van der Waals surface area contributed by atoms with E-state index in [2.05, 4.69) is 10.3 Å². The number of pyridine rings is 1. The van der Waals surface area contributed by atoms with Crippen LogP contribution in [-0.4, -0.2) is 27.3 Å². The Bertz CT molecular complexity index is 1090. The van der Waals surface area contributed by atoms with Crippen molar-refractivity contribution in [1.82, 2.24) is 14.8 Å². The van der Waals surface area contributed by atoms with Crippen molar-refractivity contribution in [2.75, 3.05) is 11.9 Å². The molecule has 3 aromatic rings. The van der Waals surface area contributed by atoms with Crippen molar-refractivity contribution >= 4 is 11.7 Å². The zero-order valence-corrected chi connectivity index (χ0v) is 16.1. The molecule has 0 atom stereocenters. The van der Waals surface area contributed by atoms with Crippen molar-refractivity contribution in [3.8, 4) is 28.3 Å². The molecule has 148 valence electrons. The highest BCUT2D eigenvalue weighted by Crippen LogP contribution is 2.52. The van der Waals surface area contributed by atoms with Crippen molar-refractivity contribution < 1.29 is 13.9 Å². The normalized spacial score (nSPS) is 16.2. The highest BCUT2D eigenvalue weighted by Gasteiger charge is 2.48. The van der Waals surface area contributed by atoms with Gasteiger partial charge < -0.3 is 10.1 Å². The Hall–Kier alpha value is -3.22. The third kappa shape index (κ3) is 3.26. The second-order valence-electron chi connectivity index (χ2n) is 7.81. The second kappa shape index (κ2) is 6.69. The number of nitrogens with one attached hydrogen (secondary N) is 1. The van der Waals surface area contributed by atoms with E-state index in [-0.39, 0.29) is 17.1 Å². The summed E-state index contributed by atoms with van der Waals surface area (Å²) in [6.07, 6.45) is 4.33. The SMILES string of the molecule is CCC(=O)Nc1cc(-c2c(-c3ccc(F)cc3)nn3c2OCC2(CC2)C3)ccn1. The molecule has 1 aromatic carbocycles. The molecule has 1 amide bonds. The molecule has 7 heteroatoms. The number of carbonyl (C=O) groups is 1. The van der Waals surface area contributed by atoms with Crippen LogP contribution in [0.3, 0.4) is 0 Å². The molecule has 29 heavy (non-hydrogen) atoms. The lowest BCUT2D eigenvalue weighted by Crippen LogP contribution is -2.27. The van der Waals surface area contributed by atoms with Gasteiger partial charge in [-0.25, -0.2) is 14.1 Å². The minimum absolute atomic E-state index is 0.0997. The average molecular weight is 392 g/mol. The van der Waals surface area contributed by atoms with E-state index < -0.39 is 0 Å². The second-order valence-corrected chi connectivity index (χ2v) is 7.81. The van der Waals surface area contributed by atoms with E-state index in [9.17, 15) is 9.18 Å². The van der Waals surface area contributed by atoms with Crippen LogP contribution in [0.2, 0.25) is 0 Å². The topological polar surface area (TPSA) is 69.0 Å². The van der Waals surface area contributed by atoms with Crippen LogP contribution < -0.4 is 10.1 Å². The van der Waals surface area contributed by atoms with Gasteiger partial charge in [-0.1, -0.05) is 6.92 Å². The van der Waals surface area contributed by atoms with Gasteiger partial charge in [-0.2, -0.15) is 5.10 Å². The monoisotopic (exact) mass is 392 g/mol.